The van der Waals surface area contributed by atoms with Crippen molar-refractivity contribution in [2.75, 3.05) is 6.61 Å². The Hall–Kier alpha value is -1.75. The summed E-state index contributed by atoms with van der Waals surface area (Å²) in [5, 5.41) is 1.00. The zero-order chi connectivity index (χ0) is 19.4. The zero-order valence-electron chi connectivity index (χ0n) is 14.8. The Kier molecular flexibility index (Phi) is 6.30. The molecule has 1 heterocycles. The molecule has 0 amide bonds. The number of rotatable bonds is 7. The van der Waals surface area contributed by atoms with Crippen molar-refractivity contribution in [1.82, 2.24) is 4.98 Å². The predicted octanol–water partition coefficient (Wildman–Crippen LogP) is 5.79. The van der Waals surface area contributed by atoms with Gasteiger partial charge in [0.05, 0.1) is 12.3 Å². The fourth-order valence-corrected chi connectivity index (χ4v) is 3.92. The molecule has 142 valence electrons. The van der Waals surface area contributed by atoms with Crippen LogP contribution in [0.1, 0.15) is 42.2 Å². The van der Waals surface area contributed by atoms with Gasteiger partial charge in [0, 0.05) is 28.2 Å². The Morgan fingerprint density at radius 1 is 1.41 bits per heavy atom. The summed E-state index contributed by atoms with van der Waals surface area (Å²) >= 11 is 12.1. The lowest BCUT2D eigenvalue weighted by Crippen LogP contribution is -2.37. The highest BCUT2D eigenvalue weighted by molar-refractivity contribution is 6.35. The maximum atomic E-state index is 15.8. The average molecular weight is 408 g/mol. The highest BCUT2D eigenvalue weighted by atomic mass is 35.5. The second-order valence-corrected chi connectivity index (χ2v) is 7.39. The van der Waals surface area contributed by atoms with Gasteiger partial charge >= 0.3 is 0 Å². The SMILES string of the molecule is C=CCO[C@H]1CC[C@@](F)(C(=O)CCc2ccc(Cl)cc2Cl)c2cccnc21. The maximum Gasteiger partial charge on any atom is 0.195 e. The molecule has 1 aliphatic carbocycles. The molecule has 0 spiro atoms. The summed E-state index contributed by atoms with van der Waals surface area (Å²) in [7, 11) is 0. The molecule has 0 radical (unpaired) electrons. The van der Waals surface area contributed by atoms with E-state index in [2.05, 4.69) is 11.6 Å². The topological polar surface area (TPSA) is 39.2 Å². The van der Waals surface area contributed by atoms with E-state index in [1.54, 1.807) is 42.6 Å². The molecular weight excluding hydrogens is 388 g/mol. The number of hydrogen-bond acceptors (Lipinski definition) is 3. The van der Waals surface area contributed by atoms with Crippen LogP contribution in [0.5, 0.6) is 0 Å². The molecule has 1 aliphatic rings. The summed E-state index contributed by atoms with van der Waals surface area (Å²) in [6, 6.07) is 8.36. The van der Waals surface area contributed by atoms with Crippen LogP contribution in [0.2, 0.25) is 10.0 Å². The molecule has 2 atom stereocenters. The third-order valence-corrected chi connectivity index (χ3v) is 5.40. The number of nitrogens with zero attached hydrogens (tertiary/aromatic N) is 1. The second-order valence-electron chi connectivity index (χ2n) is 6.55. The summed E-state index contributed by atoms with van der Waals surface area (Å²) in [6.07, 6.45) is 3.76. The highest BCUT2D eigenvalue weighted by Gasteiger charge is 2.46. The second kappa shape index (κ2) is 8.51. The molecule has 0 fully saturated rings. The van der Waals surface area contributed by atoms with Crippen LogP contribution in [0, 0.1) is 0 Å². The summed E-state index contributed by atoms with van der Waals surface area (Å²) in [6.45, 7) is 3.98. The summed E-state index contributed by atoms with van der Waals surface area (Å²) in [5.41, 5.74) is -0.493. The van der Waals surface area contributed by atoms with Crippen molar-refractivity contribution in [3.8, 4) is 0 Å². The van der Waals surface area contributed by atoms with Crippen molar-refractivity contribution in [3.63, 3.8) is 0 Å². The monoisotopic (exact) mass is 407 g/mol. The number of aryl methyl sites for hydroxylation is 1. The van der Waals surface area contributed by atoms with Crippen LogP contribution < -0.4 is 0 Å². The molecule has 1 aromatic carbocycles. The fourth-order valence-electron chi connectivity index (χ4n) is 3.42. The smallest absolute Gasteiger partial charge is 0.195 e. The first kappa shape index (κ1) is 20.0. The third-order valence-electron chi connectivity index (χ3n) is 4.82. The van der Waals surface area contributed by atoms with Gasteiger partial charge in [-0.05, 0) is 43.0 Å². The first-order chi connectivity index (χ1) is 13.0. The Morgan fingerprint density at radius 2 is 2.22 bits per heavy atom. The number of ketones is 1. The Balaban J connectivity index is 1.80. The lowest BCUT2D eigenvalue weighted by molar-refractivity contribution is -0.133. The number of fused-ring (bicyclic) bond motifs is 1. The standard InChI is InChI=1S/C21H20Cl2FNO2/c1-2-12-27-18-9-10-21(24,16-4-3-11-25-20(16)18)19(26)8-6-14-5-7-15(22)13-17(14)23/h2-5,7,11,13,18H,1,6,8-10,12H2/t18-,21-/m0/s1. The lowest BCUT2D eigenvalue weighted by Gasteiger charge is -2.34. The minimum Gasteiger partial charge on any atom is -0.368 e. The van der Waals surface area contributed by atoms with E-state index in [9.17, 15) is 4.79 Å². The van der Waals surface area contributed by atoms with Gasteiger partial charge in [0.25, 0.3) is 0 Å². The van der Waals surface area contributed by atoms with Crippen molar-refractivity contribution in [2.45, 2.75) is 37.5 Å². The van der Waals surface area contributed by atoms with Crippen LogP contribution in [0.3, 0.4) is 0 Å². The number of carbonyl (C=O) groups is 1. The molecule has 3 rings (SSSR count). The van der Waals surface area contributed by atoms with Gasteiger partial charge in [-0.15, -0.1) is 6.58 Å². The van der Waals surface area contributed by atoms with Crippen molar-refractivity contribution in [1.29, 1.82) is 0 Å². The van der Waals surface area contributed by atoms with E-state index in [0.717, 1.165) is 5.56 Å². The number of pyridine rings is 1. The minimum absolute atomic E-state index is 0.0460. The number of aromatic nitrogens is 1. The average Bonchev–Trinajstić information content (AvgIpc) is 2.67. The Morgan fingerprint density at radius 3 is 2.96 bits per heavy atom. The Bertz CT molecular complexity index is 858. The first-order valence-corrected chi connectivity index (χ1v) is 9.55. The van der Waals surface area contributed by atoms with Crippen molar-refractivity contribution < 1.29 is 13.9 Å². The number of ether oxygens (including phenoxy) is 1. The normalized spacial score (nSPS) is 21.5. The van der Waals surface area contributed by atoms with Crippen LogP contribution in [0.15, 0.2) is 49.2 Å². The van der Waals surface area contributed by atoms with E-state index in [1.807, 2.05) is 0 Å². The maximum absolute atomic E-state index is 15.8. The number of carbonyl (C=O) groups excluding carboxylic acids is 1. The van der Waals surface area contributed by atoms with Crippen molar-refractivity contribution in [3.05, 3.63) is 76.0 Å². The van der Waals surface area contributed by atoms with E-state index >= 15 is 4.39 Å². The molecular formula is C21H20Cl2FNO2. The quantitative estimate of drug-likeness (QED) is 0.544. The molecule has 0 saturated carbocycles. The molecule has 6 heteroatoms. The van der Waals surface area contributed by atoms with Gasteiger partial charge in [-0.3, -0.25) is 9.78 Å². The molecule has 0 unspecified atom stereocenters. The van der Waals surface area contributed by atoms with Gasteiger partial charge in [0.15, 0.2) is 11.5 Å². The first-order valence-electron chi connectivity index (χ1n) is 8.79. The number of benzene rings is 1. The van der Waals surface area contributed by atoms with Gasteiger partial charge in [-0.1, -0.05) is 41.4 Å². The number of alkyl halides is 1. The molecule has 0 bridgehead atoms. The van der Waals surface area contributed by atoms with E-state index in [1.165, 1.54) is 0 Å². The van der Waals surface area contributed by atoms with Gasteiger partial charge in [0.1, 0.15) is 6.10 Å². The molecule has 27 heavy (non-hydrogen) atoms. The van der Waals surface area contributed by atoms with Gasteiger partial charge < -0.3 is 4.74 Å². The fraction of sp³-hybridized carbons (Fsp3) is 0.333. The van der Waals surface area contributed by atoms with Gasteiger partial charge in [-0.25, -0.2) is 4.39 Å². The summed E-state index contributed by atoms with van der Waals surface area (Å²) in [5.74, 6) is -0.468. The van der Waals surface area contributed by atoms with Gasteiger partial charge in [-0.2, -0.15) is 0 Å². The molecule has 0 aliphatic heterocycles. The number of Topliss-reactive ketones (excluding diaryl/α,β-unsaturated/α-hetero) is 1. The van der Waals surface area contributed by atoms with E-state index < -0.39 is 11.5 Å². The molecule has 2 aromatic rings. The summed E-state index contributed by atoms with van der Waals surface area (Å²) < 4.78 is 21.5. The lowest BCUT2D eigenvalue weighted by atomic mass is 9.77. The van der Waals surface area contributed by atoms with E-state index in [4.69, 9.17) is 27.9 Å². The van der Waals surface area contributed by atoms with Crippen molar-refractivity contribution in [2.24, 2.45) is 0 Å². The zero-order valence-corrected chi connectivity index (χ0v) is 16.3. The number of hydrogen-bond donors (Lipinski definition) is 0. The van der Waals surface area contributed by atoms with E-state index in [0.29, 0.717) is 40.8 Å². The minimum atomic E-state index is -2.06. The number of halogens is 3. The molecule has 3 nitrogen and oxygen atoms in total. The molecule has 0 saturated heterocycles. The van der Waals surface area contributed by atoms with Crippen LogP contribution >= 0.6 is 23.2 Å². The molecule has 0 N–H and O–H groups in total. The van der Waals surface area contributed by atoms with Crippen LogP contribution in [0.4, 0.5) is 4.39 Å². The Labute approximate surface area is 168 Å². The molecule has 1 aromatic heterocycles. The predicted molar refractivity (Wildman–Crippen MR) is 105 cm³/mol. The van der Waals surface area contributed by atoms with Crippen molar-refractivity contribution >= 4 is 29.0 Å². The highest BCUT2D eigenvalue weighted by Crippen LogP contribution is 2.44. The van der Waals surface area contributed by atoms with Crippen LogP contribution in [-0.4, -0.2) is 17.4 Å². The summed E-state index contributed by atoms with van der Waals surface area (Å²) in [4.78, 5) is 17.1. The largest absolute Gasteiger partial charge is 0.368 e. The van der Waals surface area contributed by atoms with E-state index in [-0.39, 0.29) is 18.9 Å². The third kappa shape index (κ3) is 4.23. The van der Waals surface area contributed by atoms with Gasteiger partial charge in [0.2, 0.25) is 0 Å². The van der Waals surface area contributed by atoms with Crippen LogP contribution in [0.25, 0.3) is 0 Å². The van der Waals surface area contributed by atoms with Crippen LogP contribution in [-0.2, 0) is 21.6 Å².